The number of nitrogens with two attached hydrogens (primary N) is 1. The summed E-state index contributed by atoms with van der Waals surface area (Å²) in [5, 5.41) is 8.86. The molecule has 2 amide bonds. The van der Waals surface area contributed by atoms with Gasteiger partial charge in [0.25, 0.3) is 0 Å². The van der Waals surface area contributed by atoms with E-state index in [1.165, 1.54) is 23.1 Å². The molecule has 6 nitrogen and oxygen atoms in total. The van der Waals surface area contributed by atoms with E-state index >= 15 is 0 Å². The Morgan fingerprint density at radius 3 is 2.87 bits per heavy atom. The lowest BCUT2D eigenvalue weighted by Gasteiger charge is -2.22. The number of nitriles is 1. The molecule has 0 aromatic heterocycles. The van der Waals surface area contributed by atoms with Crippen molar-refractivity contribution in [2.24, 2.45) is 11.7 Å². The lowest BCUT2D eigenvalue weighted by Crippen LogP contribution is -2.38. The summed E-state index contributed by atoms with van der Waals surface area (Å²) in [6.45, 7) is 1.38. The number of hydrogen-bond acceptors (Lipinski definition) is 4. The number of benzene rings is 1. The Labute approximate surface area is 134 Å². The lowest BCUT2D eigenvalue weighted by atomic mass is 10.1. The topological polar surface area (TPSA) is 90.4 Å². The zero-order valence-corrected chi connectivity index (χ0v) is 13.0. The second-order valence-electron chi connectivity index (χ2n) is 5.79. The molecule has 1 atom stereocenters. The molecule has 7 heteroatoms. The number of carbonyl (C=O) groups is 2. The molecular weight excluding hydrogens is 299 g/mol. The Morgan fingerprint density at radius 2 is 2.26 bits per heavy atom. The molecule has 23 heavy (non-hydrogen) atoms. The summed E-state index contributed by atoms with van der Waals surface area (Å²) >= 11 is 0. The third kappa shape index (κ3) is 4.27. The van der Waals surface area contributed by atoms with E-state index in [0.717, 1.165) is 0 Å². The van der Waals surface area contributed by atoms with Gasteiger partial charge in [-0.15, -0.1) is 0 Å². The number of amides is 2. The largest absolute Gasteiger partial charge is 0.369 e. The molecule has 1 aromatic rings. The van der Waals surface area contributed by atoms with Gasteiger partial charge in [0, 0.05) is 25.7 Å². The Hall–Kier alpha value is -2.46. The van der Waals surface area contributed by atoms with Gasteiger partial charge in [-0.2, -0.15) is 5.26 Å². The number of likely N-dealkylation sites (tertiary alicyclic amines) is 1. The Morgan fingerprint density at radius 1 is 1.52 bits per heavy atom. The zero-order valence-electron chi connectivity index (χ0n) is 13.0. The van der Waals surface area contributed by atoms with Crippen LogP contribution in [0, 0.1) is 23.1 Å². The molecule has 0 spiro atoms. The van der Waals surface area contributed by atoms with E-state index in [4.69, 9.17) is 11.0 Å². The van der Waals surface area contributed by atoms with Crippen molar-refractivity contribution < 1.29 is 14.0 Å². The Bertz CT molecular complexity index is 656. The van der Waals surface area contributed by atoms with E-state index in [1.807, 2.05) is 11.0 Å². The van der Waals surface area contributed by atoms with Gasteiger partial charge in [0.15, 0.2) is 0 Å². The second kappa shape index (κ2) is 7.20. The first-order valence-electron chi connectivity index (χ1n) is 7.35. The summed E-state index contributed by atoms with van der Waals surface area (Å²) in [7, 11) is 1.59. The summed E-state index contributed by atoms with van der Waals surface area (Å²) in [4.78, 5) is 26.6. The van der Waals surface area contributed by atoms with Gasteiger partial charge in [-0.1, -0.05) is 0 Å². The molecule has 2 rings (SSSR count). The predicted octanol–water partition coefficient (Wildman–Crippen LogP) is 0.463. The molecule has 0 saturated carbocycles. The summed E-state index contributed by atoms with van der Waals surface area (Å²) in [5.74, 6) is -1.17. The van der Waals surface area contributed by atoms with Gasteiger partial charge in [0.2, 0.25) is 11.8 Å². The molecular formula is C16H19FN4O2. The first kappa shape index (κ1) is 16.9. The number of hydrogen-bond donors (Lipinski definition) is 1. The van der Waals surface area contributed by atoms with Crippen molar-refractivity contribution in [1.82, 2.24) is 9.80 Å². The summed E-state index contributed by atoms with van der Waals surface area (Å²) < 4.78 is 13.8. The number of rotatable bonds is 5. The molecule has 1 heterocycles. The molecule has 0 radical (unpaired) electrons. The van der Waals surface area contributed by atoms with Crippen molar-refractivity contribution in [3.8, 4) is 6.07 Å². The van der Waals surface area contributed by atoms with Gasteiger partial charge >= 0.3 is 0 Å². The average Bonchev–Trinajstić information content (AvgIpc) is 2.98. The standard InChI is InChI=1S/C16H19FN4O2/c1-20(8-13-6-11(7-18)2-3-14(13)17)15(22)10-21-5-4-12(9-21)16(19)23/h2-3,6,12H,4-5,8-10H2,1H3,(H2,19,23)/t12-/m1/s1. The highest BCUT2D eigenvalue weighted by molar-refractivity contribution is 5.79. The quantitative estimate of drug-likeness (QED) is 0.854. The number of primary amides is 1. The fourth-order valence-corrected chi connectivity index (χ4v) is 2.63. The maximum Gasteiger partial charge on any atom is 0.236 e. The van der Waals surface area contributed by atoms with Crippen LogP contribution in [0.15, 0.2) is 18.2 Å². The minimum Gasteiger partial charge on any atom is -0.369 e. The number of carbonyl (C=O) groups excluding carboxylic acids is 2. The van der Waals surface area contributed by atoms with Crippen molar-refractivity contribution >= 4 is 11.8 Å². The maximum absolute atomic E-state index is 13.8. The average molecular weight is 318 g/mol. The van der Waals surface area contributed by atoms with Crippen LogP contribution in [0.1, 0.15) is 17.5 Å². The fourth-order valence-electron chi connectivity index (χ4n) is 2.63. The van der Waals surface area contributed by atoms with Crippen molar-refractivity contribution in [2.45, 2.75) is 13.0 Å². The van der Waals surface area contributed by atoms with Gasteiger partial charge in [-0.05, 0) is 31.2 Å². The Balaban J connectivity index is 1.93. The zero-order chi connectivity index (χ0) is 17.0. The smallest absolute Gasteiger partial charge is 0.236 e. The summed E-state index contributed by atoms with van der Waals surface area (Å²) in [6.07, 6.45) is 0.658. The van der Waals surface area contributed by atoms with Crippen LogP contribution in [0.4, 0.5) is 4.39 Å². The van der Waals surface area contributed by atoms with Crippen LogP contribution in [0.3, 0.4) is 0 Å². The number of likely N-dealkylation sites (N-methyl/N-ethyl adjacent to an activating group) is 1. The Kier molecular flexibility index (Phi) is 5.29. The molecule has 1 aliphatic rings. The normalized spacial score (nSPS) is 17.7. The molecule has 1 saturated heterocycles. The first-order chi connectivity index (χ1) is 10.9. The highest BCUT2D eigenvalue weighted by Crippen LogP contribution is 2.16. The number of nitrogens with zero attached hydrogens (tertiary/aromatic N) is 3. The molecule has 122 valence electrons. The molecule has 0 aliphatic carbocycles. The monoisotopic (exact) mass is 318 g/mol. The summed E-state index contributed by atoms with van der Waals surface area (Å²) in [6, 6.07) is 6.02. The molecule has 2 N–H and O–H groups in total. The van der Waals surface area contributed by atoms with Crippen LogP contribution in [0.25, 0.3) is 0 Å². The van der Waals surface area contributed by atoms with Crippen molar-refractivity contribution in [3.63, 3.8) is 0 Å². The van der Waals surface area contributed by atoms with Crippen LogP contribution in [0.2, 0.25) is 0 Å². The highest BCUT2D eigenvalue weighted by Gasteiger charge is 2.28. The van der Waals surface area contributed by atoms with Gasteiger partial charge in [0.05, 0.1) is 24.1 Å². The van der Waals surface area contributed by atoms with Crippen molar-refractivity contribution in [3.05, 3.63) is 35.1 Å². The van der Waals surface area contributed by atoms with Crippen LogP contribution < -0.4 is 5.73 Å². The minimum atomic E-state index is -0.446. The highest BCUT2D eigenvalue weighted by atomic mass is 19.1. The molecule has 1 fully saturated rings. The van der Waals surface area contributed by atoms with E-state index < -0.39 is 5.82 Å². The van der Waals surface area contributed by atoms with Gasteiger partial charge < -0.3 is 10.6 Å². The summed E-state index contributed by atoms with van der Waals surface area (Å²) in [5.41, 5.74) is 5.92. The molecule has 0 unspecified atom stereocenters. The van der Waals surface area contributed by atoms with Crippen LogP contribution in [0.5, 0.6) is 0 Å². The van der Waals surface area contributed by atoms with Gasteiger partial charge in [-0.3, -0.25) is 14.5 Å². The van der Waals surface area contributed by atoms with Gasteiger partial charge in [-0.25, -0.2) is 4.39 Å². The molecule has 1 aromatic carbocycles. The van der Waals surface area contributed by atoms with Crippen LogP contribution in [-0.2, 0) is 16.1 Å². The third-order valence-corrected chi connectivity index (χ3v) is 4.04. The SMILES string of the molecule is CN(Cc1cc(C#N)ccc1F)C(=O)CN1CC[C@@H](C(N)=O)C1. The minimum absolute atomic E-state index is 0.0906. The van der Waals surface area contributed by atoms with Crippen molar-refractivity contribution in [2.75, 3.05) is 26.7 Å². The lowest BCUT2D eigenvalue weighted by molar-refractivity contribution is -0.131. The number of halogens is 1. The van der Waals surface area contributed by atoms with Crippen LogP contribution >= 0.6 is 0 Å². The van der Waals surface area contributed by atoms with E-state index in [9.17, 15) is 14.0 Å². The second-order valence-corrected chi connectivity index (χ2v) is 5.79. The maximum atomic E-state index is 13.8. The van der Waals surface area contributed by atoms with E-state index in [-0.39, 0.29) is 30.8 Å². The van der Waals surface area contributed by atoms with Crippen LogP contribution in [-0.4, -0.2) is 48.3 Å². The van der Waals surface area contributed by atoms with Gasteiger partial charge in [0.1, 0.15) is 5.82 Å². The first-order valence-corrected chi connectivity index (χ1v) is 7.35. The third-order valence-electron chi connectivity index (χ3n) is 4.04. The van der Waals surface area contributed by atoms with E-state index in [1.54, 1.807) is 7.05 Å². The molecule has 0 bridgehead atoms. The fraction of sp³-hybridized carbons (Fsp3) is 0.438. The van der Waals surface area contributed by atoms with E-state index in [0.29, 0.717) is 30.6 Å². The van der Waals surface area contributed by atoms with Crippen molar-refractivity contribution in [1.29, 1.82) is 5.26 Å². The molecule has 1 aliphatic heterocycles. The predicted molar refractivity (Wildman–Crippen MR) is 81.3 cm³/mol. The van der Waals surface area contributed by atoms with E-state index in [2.05, 4.69) is 0 Å².